The molecule has 1 fully saturated rings. The Labute approximate surface area is 195 Å². The third kappa shape index (κ3) is 5.02. The quantitative estimate of drug-likeness (QED) is 0.579. The Bertz CT molecular complexity index is 1210. The van der Waals surface area contributed by atoms with Gasteiger partial charge in [-0.15, -0.1) is 0 Å². The van der Waals surface area contributed by atoms with Crippen LogP contribution in [0.2, 0.25) is 0 Å². The summed E-state index contributed by atoms with van der Waals surface area (Å²) in [6.07, 6.45) is 6.63. The average Bonchev–Trinajstić information content (AvgIpc) is 3.44. The van der Waals surface area contributed by atoms with E-state index in [2.05, 4.69) is 10.3 Å². The van der Waals surface area contributed by atoms with Crippen molar-refractivity contribution in [1.29, 1.82) is 0 Å². The van der Waals surface area contributed by atoms with Gasteiger partial charge in [0.15, 0.2) is 0 Å². The Balaban J connectivity index is 1.43. The Morgan fingerprint density at radius 2 is 1.76 bits per heavy atom. The number of carbonyl (C=O) groups is 1. The standard InChI is InChI=1S/C25H30N4O3S/c1-18-13-19(2)24(20(3)14-18)33(31,32)29-11-4-5-23(29)25(30)27-15-21-6-8-22(9-7-21)16-28-12-10-26-17-28/h6-10,12-14,17,23H,4-5,11,15-16H2,1-3H3,(H,27,30). The van der Waals surface area contributed by atoms with Gasteiger partial charge in [0.1, 0.15) is 6.04 Å². The van der Waals surface area contributed by atoms with E-state index in [4.69, 9.17) is 0 Å². The highest BCUT2D eigenvalue weighted by Gasteiger charge is 2.40. The predicted octanol–water partition coefficient (Wildman–Crippen LogP) is 3.33. The molecule has 0 spiro atoms. The maximum absolute atomic E-state index is 13.5. The summed E-state index contributed by atoms with van der Waals surface area (Å²) in [4.78, 5) is 17.3. The first-order valence-corrected chi connectivity index (χ1v) is 12.6. The summed E-state index contributed by atoms with van der Waals surface area (Å²) in [5.41, 5.74) is 4.56. The lowest BCUT2D eigenvalue weighted by Gasteiger charge is -2.25. The number of nitrogens with one attached hydrogen (secondary N) is 1. The summed E-state index contributed by atoms with van der Waals surface area (Å²) in [6, 6.07) is 11.1. The van der Waals surface area contributed by atoms with Crippen molar-refractivity contribution in [3.63, 3.8) is 0 Å². The Hall–Kier alpha value is -2.97. The Kier molecular flexibility index (Phi) is 6.67. The molecular weight excluding hydrogens is 436 g/mol. The first-order valence-electron chi connectivity index (χ1n) is 11.2. The van der Waals surface area contributed by atoms with E-state index >= 15 is 0 Å². The zero-order valence-electron chi connectivity index (χ0n) is 19.3. The van der Waals surface area contributed by atoms with Crippen molar-refractivity contribution in [2.45, 2.75) is 57.6 Å². The highest BCUT2D eigenvalue weighted by molar-refractivity contribution is 7.89. The van der Waals surface area contributed by atoms with E-state index in [1.807, 2.05) is 67.9 Å². The van der Waals surface area contributed by atoms with Crippen LogP contribution < -0.4 is 5.32 Å². The largest absolute Gasteiger partial charge is 0.351 e. The number of imidazole rings is 1. The van der Waals surface area contributed by atoms with Crippen molar-refractivity contribution in [2.24, 2.45) is 0 Å². The molecule has 1 saturated heterocycles. The maximum atomic E-state index is 13.5. The SMILES string of the molecule is Cc1cc(C)c(S(=O)(=O)N2CCCC2C(=O)NCc2ccc(Cn3ccnc3)cc2)c(C)c1. The van der Waals surface area contributed by atoms with Crippen LogP contribution in [0.3, 0.4) is 0 Å². The molecule has 174 valence electrons. The van der Waals surface area contributed by atoms with Crippen molar-refractivity contribution in [3.8, 4) is 0 Å². The normalized spacial score (nSPS) is 16.8. The molecule has 3 aromatic rings. The van der Waals surface area contributed by atoms with Gasteiger partial charge in [0.2, 0.25) is 15.9 Å². The number of carbonyl (C=O) groups excluding carboxylic acids is 1. The van der Waals surface area contributed by atoms with E-state index in [9.17, 15) is 13.2 Å². The fourth-order valence-electron chi connectivity index (χ4n) is 4.64. The van der Waals surface area contributed by atoms with Crippen LogP contribution in [-0.2, 0) is 27.9 Å². The molecule has 33 heavy (non-hydrogen) atoms. The average molecular weight is 467 g/mol. The summed E-state index contributed by atoms with van der Waals surface area (Å²) in [5, 5.41) is 2.94. The smallest absolute Gasteiger partial charge is 0.244 e. The molecule has 1 aliphatic heterocycles. The van der Waals surface area contributed by atoms with E-state index < -0.39 is 16.1 Å². The van der Waals surface area contributed by atoms with Crippen molar-refractivity contribution in [2.75, 3.05) is 6.54 Å². The summed E-state index contributed by atoms with van der Waals surface area (Å²) < 4.78 is 30.3. The summed E-state index contributed by atoms with van der Waals surface area (Å²) in [7, 11) is -3.76. The van der Waals surface area contributed by atoms with Gasteiger partial charge in [0.05, 0.1) is 11.2 Å². The number of aryl methyl sites for hydroxylation is 3. The molecule has 7 nitrogen and oxygen atoms in total. The molecule has 1 aromatic heterocycles. The van der Waals surface area contributed by atoms with Gasteiger partial charge in [-0.05, 0) is 55.9 Å². The lowest BCUT2D eigenvalue weighted by Crippen LogP contribution is -2.45. The number of nitrogens with zero attached hydrogens (tertiary/aromatic N) is 3. The van der Waals surface area contributed by atoms with E-state index in [-0.39, 0.29) is 5.91 Å². The zero-order valence-corrected chi connectivity index (χ0v) is 20.1. The van der Waals surface area contributed by atoms with Crippen LogP contribution in [0.1, 0.15) is 40.7 Å². The summed E-state index contributed by atoms with van der Waals surface area (Å²) in [6.45, 7) is 7.03. The first kappa shape index (κ1) is 23.2. The van der Waals surface area contributed by atoms with Crippen LogP contribution in [0.15, 0.2) is 60.0 Å². The third-order valence-corrected chi connectivity index (χ3v) is 8.31. The van der Waals surface area contributed by atoms with Crippen LogP contribution in [0.25, 0.3) is 0 Å². The van der Waals surface area contributed by atoms with Gasteiger partial charge in [-0.25, -0.2) is 13.4 Å². The van der Waals surface area contributed by atoms with Crippen LogP contribution in [0.5, 0.6) is 0 Å². The fourth-order valence-corrected chi connectivity index (χ4v) is 6.71. The van der Waals surface area contributed by atoms with Crippen molar-refractivity contribution in [1.82, 2.24) is 19.2 Å². The third-order valence-electron chi connectivity index (χ3n) is 6.09. The molecule has 4 rings (SSSR count). The predicted molar refractivity (Wildman–Crippen MR) is 127 cm³/mol. The summed E-state index contributed by atoms with van der Waals surface area (Å²) >= 11 is 0. The molecule has 0 radical (unpaired) electrons. The molecular formula is C25H30N4O3S. The van der Waals surface area contributed by atoms with Crippen molar-refractivity contribution >= 4 is 15.9 Å². The fraction of sp³-hybridized carbons (Fsp3) is 0.360. The number of hydrogen-bond acceptors (Lipinski definition) is 4. The molecule has 1 N–H and O–H groups in total. The van der Waals surface area contributed by atoms with E-state index in [1.165, 1.54) is 4.31 Å². The number of benzene rings is 2. The van der Waals surface area contributed by atoms with Crippen LogP contribution in [0, 0.1) is 20.8 Å². The van der Waals surface area contributed by atoms with Gasteiger partial charge in [-0.1, -0.05) is 42.0 Å². The number of hydrogen-bond donors (Lipinski definition) is 1. The lowest BCUT2D eigenvalue weighted by molar-refractivity contribution is -0.124. The summed E-state index contributed by atoms with van der Waals surface area (Å²) in [5.74, 6) is -0.249. The zero-order chi connectivity index (χ0) is 23.6. The second-order valence-corrected chi connectivity index (χ2v) is 10.6. The number of aromatic nitrogens is 2. The van der Waals surface area contributed by atoms with Crippen molar-refractivity contribution < 1.29 is 13.2 Å². The minimum atomic E-state index is -3.76. The first-order chi connectivity index (χ1) is 15.8. The van der Waals surface area contributed by atoms with Crippen LogP contribution in [-0.4, -0.2) is 40.8 Å². The molecule has 1 aliphatic rings. The molecule has 2 heterocycles. The van der Waals surface area contributed by atoms with Gasteiger partial charge >= 0.3 is 0 Å². The second-order valence-electron chi connectivity index (χ2n) is 8.77. The van der Waals surface area contributed by atoms with Crippen LogP contribution in [0.4, 0.5) is 0 Å². The van der Waals surface area contributed by atoms with E-state index in [1.54, 1.807) is 12.5 Å². The van der Waals surface area contributed by atoms with Crippen molar-refractivity contribution in [3.05, 3.63) is 82.9 Å². The highest BCUT2D eigenvalue weighted by atomic mass is 32.2. The second kappa shape index (κ2) is 9.49. The molecule has 2 aromatic carbocycles. The Morgan fingerprint density at radius 3 is 2.39 bits per heavy atom. The monoisotopic (exact) mass is 466 g/mol. The minimum Gasteiger partial charge on any atom is -0.351 e. The van der Waals surface area contributed by atoms with E-state index in [0.717, 1.165) is 23.2 Å². The van der Waals surface area contributed by atoms with E-state index in [0.29, 0.717) is 42.0 Å². The van der Waals surface area contributed by atoms with Gasteiger partial charge in [-0.3, -0.25) is 4.79 Å². The molecule has 1 amide bonds. The van der Waals surface area contributed by atoms with Crippen LogP contribution >= 0.6 is 0 Å². The highest BCUT2D eigenvalue weighted by Crippen LogP contribution is 2.30. The number of sulfonamides is 1. The molecule has 0 aliphatic carbocycles. The molecule has 8 heteroatoms. The van der Waals surface area contributed by atoms with Gasteiger partial charge in [0, 0.05) is 32.0 Å². The van der Waals surface area contributed by atoms with Gasteiger partial charge in [-0.2, -0.15) is 4.31 Å². The van der Waals surface area contributed by atoms with Gasteiger partial charge < -0.3 is 9.88 Å². The minimum absolute atomic E-state index is 0.249. The molecule has 1 unspecified atom stereocenters. The Morgan fingerprint density at radius 1 is 1.09 bits per heavy atom. The topological polar surface area (TPSA) is 84.3 Å². The van der Waals surface area contributed by atoms with Gasteiger partial charge in [0.25, 0.3) is 0 Å². The molecule has 0 bridgehead atoms. The maximum Gasteiger partial charge on any atom is 0.244 e. The molecule has 0 saturated carbocycles. The lowest BCUT2D eigenvalue weighted by atomic mass is 10.1. The molecule has 1 atom stereocenters. The number of amides is 1. The number of rotatable bonds is 7.